The second-order valence-corrected chi connectivity index (χ2v) is 6.84. The van der Waals surface area contributed by atoms with Crippen LogP contribution in [0.5, 0.6) is 0 Å². The van der Waals surface area contributed by atoms with Crippen molar-refractivity contribution in [2.24, 2.45) is 0 Å². The Bertz CT molecular complexity index is 667. The smallest absolute Gasteiger partial charge is 0.00604 e. The summed E-state index contributed by atoms with van der Waals surface area (Å²) in [6, 6.07) is 15.4. The molecule has 0 heterocycles. The van der Waals surface area contributed by atoms with Gasteiger partial charge in [-0.1, -0.05) is 74.9 Å². The minimum Gasteiger partial charge on any atom is -0.0683 e. The van der Waals surface area contributed by atoms with Crippen LogP contribution in [0.4, 0.5) is 0 Å². The molecule has 102 valence electrons. The first-order valence-electron chi connectivity index (χ1n) is 7.36. The van der Waals surface area contributed by atoms with Crippen LogP contribution in [-0.2, 0) is 11.8 Å². The second-order valence-electron chi connectivity index (χ2n) is 6.84. The zero-order valence-electron chi connectivity index (χ0n) is 12.8. The van der Waals surface area contributed by atoms with E-state index in [0.29, 0.717) is 0 Å². The molecule has 0 spiro atoms. The predicted molar refractivity (Wildman–Crippen MR) is 87.9 cm³/mol. The number of hydrogen-bond acceptors (Lipinski definition) is 0. The van der Waals surface area contributed by atoms with Gasteiger partial charge in [-0.3, -0.25) is 0 Å². The quantitative estimate of drug-likeness (QED) is 0.626. The maximum Gasteiger partial charge on any atom is -0.00604 e. The third-order valence-electron chi connectivity index (χ3n) is 4.07. The molecule has 3 rings (SSSR count). The molecule has 1 aliphatic rings. The Labute approximate surface area is 122 Å². The molecule has 1 aliphatic carbocycles. The van der Waals surface area contributed by atoms with Crippen molar-refractivity contribution >= 4 is 6.08 Å². The second kappa shape index (κ2) is 4.63. The Morgan fingerprint density at radius 1 is 0.900 bits per heavy atom. The van der Waals surface area contributed by atoms with Gasteiger partial charge in [0.2, 0.25) is 0 Å². The van der Waals surface area contributed by atoms with Crippen LogP contribution >= 0.6 is 0 Å². The predicted octanol–water partition coefficient (Wildman–Crippen LogP) is 5.61. The Hall–Kier alpha value is -1.82. The average molecular weight is 262 g/mol. The van der Waals surface area contributed by atoms with Crippen LogP contribution in [0.15, 0.2) is 48.0 Å². The zero-order chi connectivity index (χ0) is 14.3. The summed E-state index contributed by atoms with van der Waals surface area (Å²) in [5.41, 5.74) is 8.71. The van der Waals surface area contributed by atoms with E-state index in [2.05, 4.69) is 76.2 Å². The summed E-state index contributed by atoms with van der Waals surface area (Å²) in [5.74, 6) is 0. The van der Waals surface area contributed by atoms with Crippen LogP contribution < -0.4 is 0 Å². The topological polar surface area (TPSA) is 0 Å². The molecule has 0 fully saturated rings. The summed E-state index contributed by atoms with van der Waals surface area (Å²) in [4.78, 5) is 0. The minimum atomic E-state index is 0.157. The van der Waals surface area contributed by atoms with Crippen molar-refractivity contribution in [1.82, 2.24) is 0 Å². The molecule has 0 unspecified atom stereocenters. The summed E-state index contributed by atoms with van der Waals surface area (Å²) in [5, 5.41) is 0. The molecule has 0 bridgehead atoms. The first-order chi connectivity index (χ1) is 9.47. The molecule has 0 amide bonds. The van der Waals surface area contributed by atoms with Gasteiger partial charge in [0.05, 0.1) is 0 Å². The van der Waals surface area contributed by atoms with Crippen LogP contribution in [-0.4, -0.2) is 0 Å². The average Bonchev–Trinajstić information content (AvgIpc) is 2.77. The number of fused-ring (bicyclic) bond motifs is 1. The van der Waals surface area contributed by atoms with E-state index in [1.54, 1.807) is 0 Å². The first kappa shape index (κ1) is 13.2. The van der Waals surface area contributed by atoms with E-state index in [1.165, 1.54) is 33.4 Å². The van der Waals surface area contributed by atoms with E-state index in [9.17, 15) is 0 Å². The van der Waals surface area contributed by atoms with Crippen LogP contribution in [0.25, 0.3) is 17.2 Å². The van der Waals surface area contributed by atoms with Gasteiger partial charge < -0.3 is 0 Å². The summed E-state index contributed by atoms with van der Waals surface area (Å²) >= 11 is 0. The number of benzene rings is 2. The van der Waals surface area contributed by atoms with Crippen molar-refractivity contribution in [3.8, 4) is 11.1 Å². The molecule has 0 aliphatic heterocycles. The molecule has 0 N–H and O–H groups in total. The van der Waals surface area contributed by atoms with Gasteiger partial charge in [-0.25, -0.2) is 0 Å². The largest absolute Gasteiger partial charge is 0.0683 e. The molecule has 0 aromatic heterocycles. The van der Waals surface area contributed by atoms with Crippen LogP contribution in [0.1, 0.15) is 44.4 Å². The molecule has 0 atom stereocenters. The lowest BCUT2D eigenvalue weighted by molar-refractivity contribution is 0.591. The van der Waals surface area contributed by atoms with Gasteiger partial charge in [0.1, 0.15) is 0 Å². The van der Waals surface area contributed by atoms with Crippen molar-refractivity contribution in [2.75, 3.05) is 0 Å². The number of hydrogen-bond donors (Lipinski definition) is 0. The van der Waals surface area contributed by atoms with Crippen molar-refractivity contribution in [3.05, 3.63) is 64.7 Å². The maximum atomic E-state index is 2.37. The van der Waals surface area contributed by atoms with Crippen molar-refractivity contribution in [3.63, 3.8) is 0 Å². The van der Waals surface area contributed by atoms with Crippen molar-refractivity contribution in [1.29, 1.82) is 0 Å². The van der Waals surface area contributed by atoms with Crippen molar-refractivity contribution in [2.45, 2.75) is 39.5 Å². The Morgan fingerprint density at radius 2 is 1.60 bits per heavy atom. The van der Waals surface area contributed by atoms with Gasteiger partial charge in [-0.2, -0.15) is 0 Å². The van der Waals surface area contributed by atoms with E-state index in [-0.39, 0.29) is 5.41 Å². The first-order valence-corrected chi connectivity index (χ1v) is 7.36. The normalized spacial score (nSPS) is 14.1. The third kappa shape index (κ3) is 2.20. The highest BCUT2D eigenvalue weighted by atomic mass is 14.3. The number of rotatable bonds is 1. The van der Waals surface area contributed by atoms with E-state index in [1.807, 2.05) is 0 Å². The summed E-state index contributed by atoms with van der Waals surface area (Å²) < 4.78 is 0. The van der Waals surface area contributed by atoms with Crippen LogP contribution in [0.2, 0.25) is 0 Å². The molecular weight excluding hydrogens is 240 g/mol. The monoisotopic (exact) mass is 262 g/mol. The van der Waals surface area contributed by atoms with Crippen LogP contribution in [0.3, 0.4) is 0 Å². The third-order valence-corrected chi connectivity index (χ3v) is 4.07. The fraction of sp³-hybridized carbons (Fsp3) is 0.300. The van der Waals surface area contributed by atoms with E-state index in [4.69, 9.17) is 0 Å². The van der Waals surface area contributed by atoms with Gasteiger partial charge in [0, 0.05) is 0 Å². The highest BCUT2D eigenvalue weighted by Crippen LogP contribution is 2.40. The lowest BCUT2D eigenvalue weighted by atomic mass is 9.79. The van der Waals surface area contributed by atoms with Gasteiger partial charge in [-0.05, 0) is 46.6 Å². The number of allylic oxidation sites excluding steroid dienone is 1. The van der Waals surface area contributed by atoms with Gasteiger partial charge >= 0.3 is 0 Å². The lowest BCUT2D eigenvalue weighted by Crippen LogP contribution is -2.13. The van der Waals surface area contributed by atoms with Crippen LogP contribution in [0, 0.1) is 0 Å². The highest BCUT2D eigenvalue weighted by molar-refractivity contribution is 5.83. The summed E-state index contributed by atoms with van der Waals surface area (Å²) in [7, 11) is 0. The minimum absolute atomic E-state index is 0.157. The molecule has 2 aromatic rings. The molecular formula is C20H22. The van der Waals surface area contributed by atoms with Gasteiger partial charge in [0.15, 0.2) is 0 Å². The zero-order valence-corrected chi connectivity index (χ0v) is 12.8. The van der Waals surface area contributed by atoms with Gasteiger partial charge in [0.25, 0.3) is 0 Å². The molecule has 20 heavy (non-hydrogen) atoms. The molecule has 2 aromatic carbocycles. The highest BCUT2D eigenvalue weighted by Gasteiger charge is 2.24. The standard InChI is InChI=1S/C20H22/c1-14-12-16-10-11-18(20(2,3)4)19(17(16)13-14)15-8-6-5-7-9-15/h5-11,13H,12H2,1-4H3. The Morgan fingerprint density at radius 3 is 2.25 bits per heavy atom. The van der Waals surface area contributed by atoms with Crippen molar-refractivity contribution < 1.29 is 0 Å². The fourth-order valence-corrected chi connectivity index (χ4v) is 3.12. The van der Waals surface area contributed by atoms with E-state index >= 15 is 0 Å². The maximum absolute atomic E-state index is 2.37. The summed E-state index contributed by atoms with van der Waals surface area (Å²) in [6.45, 7) is 9.12. The Kier molecular flexibility index (Phi) is 3.05. The molecule has 0 saturated carbocycles. The van der Waals surface area contributed by atoms with E-state index in [0.717, 1.165) is 6.42 Å². The molecule has 0 radical (unpaired) electrons. The fourth-order valence-electron chi connectivity index (χ4n) is 3.12. The molecule has 0 nitrogen and oxygen atoms in total. The van der Waals surface area contributed by atoms with E-state index < -0.39 is 0 Å². The SMILES string of the molecule is CC1=Cc2c(ccc(C(C)(C)C)c2-c2ccccc2)C1. The molecule has 0 heteroatoms. The summed E-state index contributed by atoms with van der Waals surface area (Å²) in [6.07, 6.45) is 3.46. The lowest BCUT2D eigenvalue weighted by Gasteiger charge is -2.25. The molecule has 0 saturated heterocycles. The van der Waals surface area contributed by atoms with Gasteiger partial charge in [-0.15, -0.1) is 0 Å². The Balaban J connectivity index is 2.32.